The number of carbonyl (C=O) groups excluding carboxylic acids is 1. The third kappa shape index (κ3) is 4.08. The molecule has 0 saturated carbocycles. The number of para-hydroxylation sites is 1. The molecule has 8 heteroatoms. The lowest BCUT2D eigenvalue weighted by Gasteiger charge is -2.23. The van der Waals surface area contributed by atoms with Gasteiger partial charge in [-0.2, -0.15) is 0 Å². The zero-order valence-electron chi connectivity index (χ0n) is 15.3. The maximum Gasteiger partial charge on any atom is 0.298 e. The summed E-state index contributed by atoms with van der Waals surface area (Å²) in [5.41, 5.74) is 0.765. The highest BCUT2D eigenvalue weighted by atomic mass is 32.1. The highest BCUT2D eigenvalue weighted by Crippen LogP contribution is 2.34. The van der Waals surface area contributed by atoms with Crippen molar-refractivity contribution in [2.75, 3.05) is 52.4 Å². The van der Waals surface area contributed by atoms with E-state index in [0.29, 0.717) is 30.6 Å². The van der Waals surface area contributed by atoms with Crippen LogP contribution >= 0.6 is 11.3 Å². The summed E-state index contributed by atoms with van der Waals surface area (Å²) in [6.45, 7) is 2.35. The van der Waals surface area contributed by atoms with Crippen molar-refractivity contribution in [1.29, 1.82) is 0 Å². The molecule has 140 valence electrons. The molecular weight excluding hydrogens is 354 g/mol. The summed E-state index contributed by atoms with van der Waals surface area (Å²) >= 11 is 1.47. The fourth-order valence-corrected chi connectivity index (χ4v) is 3.69. The van der Waals surface area contributed by atoms with Gasteiger partial charge < -0.3 is 19.1 Å². The van der Waals surface area contributed by atoms with Crippen molar-refractivity contribution >= 4 is 32.6 Å². The fourth-order valence-electron chi connectivity index (χ4n) is 2.68. The van der Waals surface area contributed by atoms with Crippen LogP contribution in [0.25, 0.3) is 10.2 Å². The zero-order valence-corrected chi connectivity index (χ0v) is 16.1. The second-order valence-electron chi connectivity index (χ2n) is 6.27. The van der Waals surface area contributed by atoms with E-state index in [9.17, 15) is 4.79 Å². The molecule has 0 radical (unpaired) electrons. The van der Waals surface area contributed by atoms with Gasteiger partial charge in [0, 0.05) is 13.0 Å². The maximum absolute atomic E-state index is 13.0. The number of hydrogen-bond acceptors (Lipinski definition) is 6. The topological polar surface area (TPSA) is 65.3 Å². The number of nitrogens with one attached hydrogen (secondary N) is 1. The van der Waals surface area contributed by atoms with Crippen molar-refractivity contribution in [1.82, 2.24) is 4.98 Å². The highest BCUT2D eigenvalue weighted by Gasteiger charge is 2.26. The van der Waals surface area contributed by atoms with Crippen LogP contribution in [0.4, 0.5) is 5.13 Å². The van der Waals surface area contributed by atoms with Crippen molar-refractivity contribution < 1.29 is 23.9 Å². The molecule has 1 N–H and O–H groups in total. The normalized spacial score (nSPS) is 13.9. The van der Waals surface area contributed by atoms with Gasteiger partial charge in [0.1, 0.15) is 30.7 Å². The molecule has 0 bridgehead atoms. The van der Waals surface area contributed by atoms with Crippen LogP contribution in [0.2, 0.25) is 0 Å². The van der Waals surface area contributed by atoms with E-state index in [1.54, 1.807) is 12.0 Å². The molecule has 0 unspecified atom stereocenters. The van der Waals surface area contributed by atoms with Gasteiger partial charge in [-0.15, -0.1) is 0 Å². The van der Waals surface area contributed by atoms with Crippen LogP contribution in [0.15, 0.2) is 30.2 Å². The van der Waals surface area contributed by atoms with E-state index < -0.39 is 0 Å². The van der Waals surface area contributed by atoms with Gasteiger partial charge in [-0.3, -0.25) is 9.69 Å². The standard InChI is InChI=1S/C18H23N3O4S/c1-20(2)8-5-9-21(17(22)14-12-24-10-11-25-14)18-19-16-13(23-3)6-4-7-15(16)26-18/h4,6-7,12H,5,8-11H2,1-3H3/p+1. The Morgan fingerprint density at radius 3 is 2.92 bits per heavy atom. The Bertz CT molecular complexity index is 803. The largest absolute Gasteiger partial charge is 0.494 e. The highest BCUT2D eigenvalue weighted by molar-refractivity contribution is 7.22. The van der Waals surface area contributed by atoms with Gasteiger partial charge in [0.2, 0.25) is 5.76 Å². The number of aromatic nitrogens is 1. The number of hydrogen-bond donors (Lipinski definition) is 1. The second kappa shape index (κ2) is 8.37. The van der Waals surface area contributed by atoms with Crippen molar-refractivity contribution in [3.05, 3.63) is 30.2 Å². The summed E-state index contributed by atoms with van der Waals surface area (Å²) in [5, 5.41) is 0.637. The Morgan fingerprint density at radius 1 is 1.38 bits per heavy atom. The molecule has 0 spiro atoms. The Hall–Kier alpha value is -2.32. The van der Waals surface area contributed by atoms with E-state index in [1.807, 2.05) is 18.2 Å². The Balaban J connectivity index is 1.91. The predicted molar refractivity (Wildman–Crippen MR) is 101 cm³/mol. The lowest BCUT2D eigenvalue weighted by Crippen LogP contribution is -3.05. The molecule has 7 nitrogen and oxygen atoms in total. The van der Waals surface area contributed by atoms with E-state index in [1.165, 1.54) is 22.5 Å². The second-order valence-corrected chi connectivity index (χ2v) is 7.28. The van der Waals surface area contributed by atoms with Crippen molar-refractivity contribution in [3.63, 3.8) is 0 Å². The number of thiazole rings is 1. The molecule has 1 amide bonds. The smallest absolute Gasteiger partial charge is 0.298 e. The molecule has 1 aliphatic rings. The van der Waals surface area contributed by atoms with Gasteiger partial charge in [-0.05, 0) is 12.1 Å². The minimum Gasteiger partial charge on any atom is -0.494 e. The minimum atomic E-state index is -0.225. The van der Waals surface area contributed by atoms with Crippen LogP contribution in [-0.2, 0) is 14.3 Å². The van der Waals surface area contributed by atoms with E-state index in [-0.39, 0.29) is 11.7 Å². The van der Waals surface area contributed by atoms with Crippen LogP contribution in [0.1, 0.15) is 6.42 Å². The van der Waals surface area contributed by atoms with E-state index in [0.717, 1.165) is 23.2 Å². The van der Waals surface area contributed by atoms with E-state index in [2.05, 4.69) is 19.1 Å². The fraction of sp³-hybridized carbons (Fsp3) is 0.444. The van der Waals surface area contributed by atoms with Gasteiger partial charge in [-0.25, -0.2) is 4.98 Å². The van der Waals surface area contributed by atoms with Crippen molar-refractivity contribution in [3.8, 4) is 5.75 Å². The average Bonchev–Trinajstić information content (AvgIpc) is 3.09. The average molecular weight is 378 g/mol. The number of anilines is 1. The predicted octanol–water partition coefficient (Wildman–Crippen LogP) is 1.06. The molecule has 0 aliphatic carbocycles. The van der Waals surface area contributed by atoms with Gasteiger partial charge in [0.05, 0.1) is 32.4 Å². The number of nitrogens with zero attached hydrogens (tertiary/aromatic N) is 2. The molecule has 0 fully saturated rings. The third-order valence-corrected chi connectivity index (χ3v) is 5.03. The maximum atomic E-state index is 13.0. The molecule has 3 rings (SSSR count). The first-order chi connectivity index (χ1) is 12.6. The summed E-state index contributed by atoms with van der Waals surface area (Å²) in [5.74, 6) is 0.697. The number of benzene rings is 1. The van der Waals surface area contributed by atoms with Crippen LogP contribution in [0, 0.1) is 0 Å². The van der Waals surface area contributed by atoms with Crippen molar-refractivity contribution in [2.45, 2.75) is 6.42 Å². The third-order valence-electron chi connectivity index (χ3n) is 3.99. The molecule has 1 aromatic heterocycles. The number of fused-ring (bicyclic) bond motifs is 1. The molecule has 2 aromatic rings. The lowest BCUT2D eigenvalue weighted by molar-refractivity contribution is -0.858. The molecule has 1 aliphatic heterocycles. The SMILES string of the molecule is COc1cccc2sc(N(CCC[NH+](C)C)C(=O)C3=COCCO3)nc12. The van der Waals surface area contributed by atoms with Crippen LogP contribution in [0.3, 0.4) is 0 Å². The van der Waals surface area contributed by atoms with Gasteiger partial charge in [0.25, 0.3) is 5.91 Å². The Morgan fingerprint density at radius 2 is 2.23 bits per heavy atom. The van der Waals surface area contributed by atoms with Crippen molar-refractivity contribution in [2.24, 2.45) is 0 Å². The summed E-state index contributed by atoms with van der Waals surface area (Å²) < 4.78 is 17.1. The zero-order chi connectivity index (χ0) is 18.5. The number of amides is 1. The molecule has 26 heavy (non-hydrogen) atoms. The van der Waals surface area contributed by atoms with Crippen LogP contribution < -0.4 is 14.5 Å². The summed E-state index contributed by atoms with van der Waals surface area (Å²) in [6, 6.07) is 5.77. The lowest BCUT2D eigenvalue weighted by atomic mass is 10.3. The number of rotatable bonds is 7. The Kier molecular flexibility index (Phi) is 5.95. The summed E-state index contributed by atoms with van der Waals surface area (Å²) in [6.07, 6.45) is 2.25. The van der Waals surface area contributed by atoms with Gasteiger partial charge in [0.15, 0.2) is 5.13 Å². The van der Waals surface area contributed by atoms with E-state index in [4.69, 9.17) is 14.2 Å². The van der Waals surface area contributed by atoms with Crippen LogP contribution in [0.5, 0.6) is 5.75 Å². The molecule has 0 saturated heterocycles. The van der Waals surface area contributed by atoms with E-state index >= 15 is 0 Å². The molecule has 2 heterocycles. The summed E-state index contributed by atoms with van der Waals surface area (Å²) in [7, 11) is 5.80. The molecular formula is C18H24N3O4S+. The molecule has 0 atom stereocenters. The molecule has 1 aromatic carbocycles. The first kappa shape index (κ1) is 18.5. The first-order valence-corrected chi connectivity index (χ1v) is 9.41. The minimum absolute atomic E-state index is 0.222. The van der Waals surface area contributed by atoms with Gasteiger partial charge >= 0.3 is 0 Å². The number of ether oxygens (including phenoxy) is 3. The number of quaternary nitrogens is 1. The number of carbonyl (C=O) groups is 1. The quantitative estimate of drug-likeness (QED) is 0.781. The monoisotopic (exact) mass is 378 g/mol. The van der Waals surface area contributed by atoms with Gasteiger partial charge in [-0.1, -0.05) is 17.4 Å². The summed E-state index contributed by atoms with van der Waals surface area (Å²) in [4.78, 5) is 20.7. The Labute approximate surface area is 156 Å². The van der Waals surface area contributed by atoms with Crippen LogP contribution in [-0.4, -0.2) is 58.4 Å². The first-order valence-electron chi connectivity index (χ1n) is 8.59. The number of methoxy groups -OCH3 is 1.